The molecule has 0 bridgehead atoms. The zero-order valence-electron chi connectivity index (χ0n) is 69.4. The molecule has 0 aliphatic rings. The maximum absolute atomic E-state index is 13.2. The number of esters is 4. The fourth-order valence-corrected chi connectivity index (χ4v) is 15.3. The van der Waals surface area contributed by atoms with Crippen LogP contribution < -0.4 is 0 Å². The number of aliphatic hydroxyl groups excluding tert-OH is 1. The summed E-state index contributed by atoms with van der Waals surface area (Å²) >= 11 is 0. The number of phosphoric ester groups is 2. The summed E-state index contributed by atoms with van der Waals surface area (Å²) in [5, 5.41) is 10.7. The largest absolute Gasteiger partial charge is 0.472 e. The first-order valence-corrected chi connectivity index (χ1v) is 48.3. The number of carbonyl (C=O) groups is 4. The molecule has 106 heavy (non-hydrogen) atoms. The minimum absolute atomic E-state index is 0.109. The molecule has 0 fully saturated rings. The molecule has 0 saturated carbocycles. The van der Waals surface area contributed by atoms with Gasteiger partial charge in [-0.1, -0.05) is 426 Å². The molecule has 630 valence electrons. The smallest absolute Gasteiger partial charge is 0.462 e. The molecule has 0 rings (SSSR count). The van der Waals surface area contributed by atoms with Crippen molar-refractivity contribution in [2.45, 2.75) is 495 Å². The molecular weight excluding hydrogens is 1380 g/mol. The van der Waals surface area contributed by atoms with Crippen molar-refractivity contribution in [2.75, 3.05) is 39.6 Å². The van der Waals surface area contributed by atoms with Crippen molar-refractivity contribution in [1.82, 2.24) is 0 Å². The van der Waals surface area contributed by atoms with E-state index in [1.165, 1.54) is 308 Å². The molecule has 0 amide bonds. The number of hydrogen-bond acceptors (Lipinski definition) is 15. The van der Waals surface area contributed by atoms with Gasteiger partial charge in [-0.15, -0.1) is 0 Å². The molecule has 0 saturated heterocycles. The van der Waals surface area contributed by atoms with Crippen LogP contribution in [0.3, 0.4) is 0 Å². The minimum Gasteiger partial charge on any atom is -0.462 e. The Morgan fingerprint density at radius 1 is 0.226 bits per heavy atom. The van der Waals surface area contributed by atoms with E-state index in [4.69, 9.17) is 37.0 Å². The average Bonchev–Trinajstić information content (AvgIpc) is 0.902. The highest BCUT2D eigenvalue weighted by Crippen LogP contribution is 2.45. The minimum atomic E-state index is -4.97. The molecule has 0 aliphatic carbocycles. The summed E-state index contributed by atoms with van der Waals surface area (Å²) in [5.74, 6) is -2.09. The number of unbranched alkanes of at least 4 members (excludes halogenated alkanes) is 62. The SMILES string of the molecule is CCCCCCCCCCCCCCCCCCCCCCC(=O)OC[C@H](COP(=O)(O)OC[C@@H](O)COP(=O)(O)OC[C@@H](COC(=O)CCCCCCCCCCCCCC)OC(=O)CCCCCCCCCCCCCCCC)OC(=O)CCCCCCCCCCCCCCCCCCCCCC. The number of aliphatic hydroxyl groups is 1. The summed E-state index contributed by atoms with van der Waals surface area (Å²) in [6.45, 7) is 5.07. The maximum Gasteiger partial charge on any atom is 0.472 e. The first-order chi connectivity index (χ1) is 51.7. The van der Waals surface area contributed by atoms with Gasteiger partial charge in [0, 0.05) is 25.7 Å². The summed E-state index contributed by atoms with van der Waals surface area (Å²) < 4.78 is 68.9. The summed E-state index contributed by atoms with van der Waals surface area (Å²) in [7, 11) is -9.93. The molecule has 0 aliphatic heterocycles. The molecule has 17 nitrogen and oxygen atoms in total. The predicted molar refractivity (Wildman–Crippen MR) is 437 cm³/mol. The highest BCUT2D eigenvalue weighted by molar-refractivity contribution is 7.47. The lowest BCUT2D eigenvalue weighted by atomic mass is 10.0. The van der Waals surface area contributed by atoms with Gasteiger partial charge in [-0.3, -0.25) is 37.3 Å². The number of phosphoric acid groups is 2. The molecule has 0 aromatic heterocycles. The predicted octanol–water partition coefficient (Wildman–Crippen LogP) is 26.9. The van der Waals surface area contributed by atoms with Crippen LogP contribution in [0.4, 0.5) is 0 Å². The van der Waals surface area contributed by atoms with Gasteiger partial charge in [-0.2, -0.15) is 0 Å². The molecule has 0 radical (unpaired) electrons. The third kappa shape index (κ3) is 80.1. The van der Waals surface area contributed by atoms with Crippen LogP contribution in [0.2, 0.25) is 0 Å². The van der Waals surface area contributed by atoms with Crippen LogP contribution in [-0.4, -0.2) is 96.7 Å². The second kappa shape index (κ2) is 81.1. The Kier molecular flexibility index (Phi) is 79.6. The number of carbonyl (C=O) groups excluding carboxylic acids is 4. The van der Waals surface area contributed by atoms with Gasteiger partial charge in [0.15, 0.2) is 12.2 Å². The van der Waals surface area contributed by atoms with Gasteiger partial charge in [0.2, 0.25) is 0 Å². The Morgan fingerprint density at radius 2 is 0.377 bits per heavy atom. The van der Waals surface area contributed by atoms with E-state index >= 15 is 0 Å². The Morgan fingerprint density at radius 3 is 0.557 bits per heavy atom. The lowest BCUT2D eigenvalue weighted by Crippen LogP contribution is -2.30. The maximum atomic E-state index is 13.2. The summed E-state index contributed by atoms with van der Waals surface area (Å²) in [4.78, 5) is 73.3. The second-order valence-corrected chi connectivity index (χ2v) is 34.2. The van der Waals surface area contributed by atoms with E-state index in [1.54, 1.807) is 0 Å². The van der Waals surface area contributed by atoms with Crippen molar-refractivity contribution in [2.24, 2.45) is 0 Å². The van der Waals surface area contributed by atoms with Gasteiger partial charge in [-0.25, -0.2) is 9.13 Å². The fraction of sp³-hybridized carbons (Fsp3) is 0.954. The van der Waals surface area contributed by atoms with Crippen LogP contribution in [-0.2, 0) is 65.4 Å². The molecule has 0 spiro atoms. The van der Waals surface area contributed by atoms with Crippen LogP contribution in [0.15, 0.2) is 0 Å². The standard InChI is InChI=1S/C87H170O17P2/c1-5-9-13-17-21-25-29-33-36-38-40-42-44-46-49-52-56-60-64-68-72-85(90)98-78-83(104-87(92)74-70-66-62-58-54-50-47-45-43-41-39-37-34-30-26-22-18-14-10-6-2)80-102-106(95,96)100-76-81(88)75-99-105(93,94)101-79-82(77-97-84(89)71-67-63-59-55-51-32-28-24-20-16-12-8-4)103-86(91)73-69-65-61-57-53-48-35-31-27-23-19-15-11-7-3/h81-83,88H,5-80H2,1-4H3,(H,93,94)(H,95,96)/t81-,82+,83+/m0/s1. The third-order valence-corrected chi connectivity index (χ3v) is 22.5. The highest BCUT2D eigenvalue weighted by atomic mass is 31.2. The average molecular weight is 1550 g/mol. The van der Waals surface area contributed by atoms with E-state index < -0.39 is 97.5 Å². The molecule has 0 heterocycles. The van der Waals surface area contributed by atoms with E-state index in [9.17, 15) is 43.2 Å². The van der Waals surface area contributed by atoms with Gasteiger partial charge in [0.05, 0.1) is 26.4 Å². The first-order valence-electron chi connectivity index (χ1n) is 45.3. The van der Waals surface area contributed by atoms with Crippen LogP contribution in [0.1, 0.15) is 477 Å². The van der Waals surface area contributed by atoms with E-state index in [0.29, 0.717) is 25.7 Å². The summed E-state index contributed by atoms with van der Waals surface area (Å²) in [5.41, 5.74) is 0. The third-order valence-electron chi connectivity index (χ3n) is 20.6. The van der Waals surface area contributed by atoms with Crippen molar-refractivity contribution in [1.29, 1.82) is 0 Å². The Balaban J connectivity index is 5.23. The molecule has 0 aromatic rings. The number of rotatable bonds is 88. The second-order valence-electron chi connectivity index (χ2n) is 31.3. The molecule has 3 N–H and O–H groups in total. The van der Waals surface area contributed by atoms with Crippen molar-refractivity contribution in [3.05, 3.63) is 0 Å². The molecular formula is C87H170O17P2. The quantitative estimate of drug-likeness (QED) is 0.0222. The van der Waals surface area contributed by atoms with Gasteiger partial charge in [0.1, 0.15) is 19.3 Å². The van der Waals surface area contributed by atoms with Gasteiger partial charge in [-0.05, 0) is 25.7 Å². The number of hydrogen-bond donors (Lipinski definition) is 3. The Hall–Kier alpha value is -1.94. The number of ether oxygens (including phenoxy) is 4. The monoisotopic (exact) mass is 1550 g/mol. The van der Waals surface area contributed by atoms with Crippen molar-refractivity contribution in [3.63, 3.8) is 0 Å². The van der Waals surface area contributed by atoms with Crippen LogP contribution >= 0.6 is 15.6 Å². The highest BCUT2D eigenvalue weighted by Gasteiger charge is 2.30. The van der Waals surface area contributed by atoms with Crippen LogP contribution in [0.25, 0.3) is 0 Å². The lowest BCUT2D eigenvalue weighted by Gasteiger charge is -2.21. The first kappa shape index (κ1) is 104. The molecule has 0 aromatic carbocycles. The topological polar surface area (TPSA) is 237 Å². The molecule has 5 atom stereocenters. The zero-order chi connectivity index (χ0) is 77.4. The lowest BCUT2D eigenvalue weighted by molar-refractivity contribution is -0.161. The van der Waals surface area contributed by atoms with Crippen molar-refractivity contribution >= 4 is 39.5 Å². The molecule has 2 unspecified atom stereocenters. The van der Waals surface area contributed by atoms with E-state index in [-0.39, 0.29) is 25.7 Å². The van der Waals surface area contributed by atoms with E-state index in [0.717, 1.165) is 89.9 Å². The van der Waals surface area contributed by atoms with Crippen LogP contribution in [0.5, 0.6) is 0 Å². The van der Waals surface area contributed by atoms with Gasteiger partial charge >= 0.3 is 39.5 Å². The van der Waals surface area contributed by atoms with E-state index in [2.05, 4.69) is 27.7 Å². The van der Waals surface area contributed by atoms with E-state index in [1.807, 2.05) is 0 Å². The fourth-order valence-electron chi connectivity index (χ4n) is 13.7. The normalized spacial score (nSPS) is 13.7. The summed E-state index contributed by atoms with van der Waals surface area (Å²) in [6.07, 6.45) is 76.3. The van der Waals surface area contributed by atoms with Crippen LogP contribution in [0, 0.1) is 0 Å². The zero-order valence-corrected chi connectivity index (χ0v) is 71.2. The van der Waals surface area contributed by atoms with Crippen molar-refractivity contribution in [3.8, 4) is 0 Å². The Labute approximate surface area is 651 Å². The summed E-state index contributed by atoms with van der Waals surface area (Å²) in [6, 6.07) is 0. The Bertz CT molecular complexity index is 2000. The molecule has 19 heteroatoms. The van der Waals surface area contributed by atoms with Crippen molar-refractivity contribution < 1.29 is 80.2 Å². The van der Waals surface area contributed by atoms with Gasteiger partial charge in [0.25, 0.3) is 0 Å². The van der Waals surface area contributed by atoms with Gasteiger partial charge < -0.3 is 33.8 Å².